The van der Waals surface area contributed by atoms with Crippen LogP contribution in [-0.2, 0) is 4.79 Å². The standard InChI is InChI=1S/C13H21NO4/c15-11(16)13(10-4-2-1-3-5-10)6-8-14(9-7-13)12(17)18/h10H,1-9H2,(H,15,16)(H,17,18). The molecule has 1 heterocycles. The molecule has 0 radical (unpaired) electrons. The molecule has 2 fully saturated rings. The molecule has 5 heteroatoms. The molecule has 2 rings (SSSR count). The van der Waals surface area contributed by atoms with Crippen molar-refractivity contribution in [2.24, 2.45) is 11.3 Å². The first-order valence-electron chi connectivity index (χ1n) is 6.77. The molecule has 18 heavy (non-hydrogen) atoms. The Hall–Kier alpha value is -1.26. The maximum absolute atomic E-state index is 11.7. The molecule has 0 aromatic carbocycles. The molecular weight excluding hydrogens is 234 g/mol. The highest BCUT2D eigenvalue weighted by molar-refractivity contribution is 5.76. The van der Waals surface area contributed by atoms with Crippen LogP contribution in [0.2, 0.25) is 0 Å². The first-order valence-corrected chi connectivity index (χ1v) is 6.77. The summed E-state index contributed by atoms with van der Waals surface area (Å²) in [7, 11) is 0. The molecule has 2 N–H and O–H groups in total. The summed E-state index contributed by atoms with van der Waals surface area (Å²) in [6, 6.07) is 0. The summed E-state index contributed by atoms with van der Waals surface area (Å²) in [6.45, 7) is 0.719. The van der Waals surface area contributed by atoms with Gasteiger partial charge in [0, 0.05) is 13.1 Å². The van der Waals surface area contributed by atoms with Gasteiger partial charge in [-0.05, 0) is 31.6 Å². The Labute approximate surface area is 107 Å². The number of carboxylic acids is 1. The van der Waals surface area contributed by atoms with Gasteiger partial charge in [0.1, 0.15) is 0 Å². The van der Waals surface area contributed by atoms with Gasteiger partial charge in [0.2, 0.25) is 0 Å². The number of amides is 1. The van der Waals surface area contributed by atoms with Crippen molar-refractivity contribution in [2.45, 2.75) is 44.9 Å². The molecule has 0 unspecified atom stereocenters. The molecule has 1 aliphatic heterocycles. The van der Waals surface area contributed by atoms with Crippen molar-refractivity contribution in [3.8, 4) is 0 Å². The Bertz CT molecular complexity index is 328. The molecule has 2 aliphatic rings. The van der Waals surface area contributed by atoms with Crippen LogP contribution in [0.1, 0.15) is 44.9 Å². The molecule has 0 atom stereocenters. The molecular formula is C13H21NO4. The minimum Gasteiger partial charge on any atom is -0.481 e. The SMILES string of the molecule is O=C(O)N1CCC(C(=O)O)(C2CCCCC2)CC1. The molecule has 1 saturated heterocycles. The van der Waals surface area contributed by atoms with E-state index in [4.69, 9.17) is 5.11 Å². The Morgan fingerprint density at radius 3 is 2.00 bits per heavy atom. The lowest BCUT2D eigenvalue weighted by molar-refractivity contribution is -0.157. The summed E-state index contributed by atoms with van der Waals surface area (Å²) in [4.78, 5) is 23.9. The maximum atomic E-state index is 11.7. The van der Waals surface area contributed by atoms with E-state index in [1.807, 2.05) is 0 Å². The van der Waals surface area contributed by atoms with Gasteiger partial charge in [-0.2, -0.15) is 0 Å². The van der Waals surface area contributed by atoms with Gasteiger partial charge in [-0.15, -0.1) is 0 Å². The molecule has 0 spiro atoms. The zero-order valence-corrected chi connectivity index (χ0v) is 10.6. The van der Waals surface area contributed by atoms with Gasteiger partial charge in [-0.3, -0.25) is 4.79 Å². The summed E-state index contributed by atoms with van der Waals surface area (Å²) >= 11 is 0. The minimum atomic E-state index is -0.933. The van der Waals surface area contributed by atoms with Crippen LogP contribution in [0.5, 0.6) is 0 Å². The van der Waals surface area contributed by atoms with Crippen LogP contribution < -0.4 is 0 Å². The number of hydrogen-bond donors (Lipinski definition) is 2. The maximum Gasteiger partial charge on any atom is 0.407 e. The predicted octanol–water partition coefficient (Wildman–Crippen LogP) is 2.41. The van der Waals surface area contributed by atoms with E-state index < -0.39 is 17.5 Å². The molecule has 1 aliphatic carbocycles. The monoisotopic (exact) mass is 255 g/mol. The number of piperidine rings is 1. The van der Waals surface area contributed by atoms with E-state index in [9.17, 15) is 14.7 Å². The lowest BCUT2D eigenvalue weighted by atomic mass is 9.64. The number of hydrogen-bond acceptors (Lipinski definition) is 2. The highest BCUT2D eigenvalue weighted by Crippen LogP contribution is 2.46. The van der Waals surface area contributed by atoms with Crippen LogP contribution in [0, 0.1) is 11.3 Å². The fraction of sp³-hybridized carbons (Fsp3) is 0.846. The second kappa shape index (κ2) is 5.16. The molecule has 5 nitrogen and oxygen atoms in total. The number of rotatable bonds is 2. The van der Waals surface area contributed by atoms with Crippen molar-refractivity contribution in [1.29, 1.82) is 0 Å². The van der Waals surface area contributed by atoms with Crippen LogP contribution >= 0.6 is 0 Å². The number of likely N-dealkylation sites (tertiary alicyclic amines) is 1. The second-order valence-corrected chi connectivity index (χ2v) is 5.57. The van der Waals surface area contributed by atoms with Crippen molar-refractivity contribution in [2.75, 3.05) is 13.1 Å². The number of carboxylic acid groups (broad SMARTS) is 2. The number of nitrogens with zero attached hydrogens (tertiary/aromatic N) is 1. The van der Waals surface area contributed by atoms with Gasteiger partial charge in [0.15, 0.2) is 0 Å². The number of carbonyl (C=O) groups is 2. The highest BCUT2D eigenvalue weighted by atomic mass is 16.4. The zero-order chi connectivity index (χ0) is 13.2. The van der Waals surface area contributed by atoms with Gasteiger partial charge in [-0.25, -0.2) is 4.79 Å². The average Bonchev–Trinajstić information content (AvgIpc) is 2.39. The fourth-order valence-corrected chi connectivity index (χ4v) is 3.55. The summed E-state index contributed by atoms with van der Waals surface area (Å²) < 4.78 is 0. The van der Waals surface area contributed by atoms with E-state index >= 15 is 0 Å². The van der Waals surface area contributed by atoms with E-state index in [1.54, 1.807) is 0 Å². The van der Waals surface area contributed by atoms with Gasteiger partial charge in [0.25, 0.3) is 0 Å². The van der Waals surface area contributed by atoms with Gasteiger partial charge >= 0.3 is 12.1 Å². The van der Waals surface area contributed by atoms with Crippen molar-refractivity contribution in [3.05, 3.63) is 0 Å². The normalized spacial score (nSPS) is 24.8. The van der Waals surface area contributed by atoms with E-state index in [0.29, 0.717) is 25.9 Å². The van der Waals surface area contributed by atoms with Crippen molar-refractivity contribution >= 4 is 12.1 Å². The first-order chi connectivity index (χ1) is 8.56. The minimum absolute atomic E-state index is 0.236. The average molecular weight is 255 g/mol. The van der Waals surface area contributed by atoms with Crippen LogP contribution in [0.15, 0.2) is 0 Å². The van der Waals surface area contributed by atoms with Gasteiger partial charge < -0.3 is 15.1 Å². The van der Waals surface area contributed by atoms with E-state index in [1.165, 1.54) is 11.3 Å². The summed E-state index contributed by atoms with van der Waals surface area (Å²) in [5.41, 5.74) is -0.674. The molecule has 0 aromatic rings. The summed E-state index contributed by atoms with van der Waals surface area (Å²) in [5.74, 6) is -0.487. The Balaban J connectivity index is 2.09. The lowest BCUT2D eigenvalue weighted by Crippen LogP contribution is -2.50. The van der Waals surface area contributed by atoms with E-state index in [0.717, 1.165) is 25.7 Å². The van der Waals surface area contributed by atoms with Crippen LogP contribution in [-0.4, -0.2) is 40.3 Å². The van der Waals surface area contributed by atoms with E-state index in [2.05, 4.69) is 0 Å². The third-order valence-electron chi connectivity index (χ3n) is 4.74. The predicted molar refractivity (Wildman–Crippen MR) is 65.5 cm³/mol. The molecule has 0 aromatic heterocycles. The fourth-order valence-electron chi connectivity index (χ4n) is 3.55. The van der Waals surface area contributed by atoms with Crippen LogP contribution in [0.25, 0.3) is 0 Å². The smallest absolute Gasteiger partial charge is 0.407 e. The van der Waals surface area contributed by atoms with Crippen molar-refractivity contribution < 1.29 is 19.8 Å². The Morgan fingerprint density at radius 1 is 1.00 bits per heavy atom. The first kappa shape index (κ1) is 13.2. The third kappa shape index (κ3) is 2.31. The van der Waals surface area contributed by atoms with Crippen LogP contribution in [0.4, 0.5) is 4.79 Å². The van der Waals surface area contributed by atoms with Crippen molar-refractivity contribution in [3.63, 3.8) is 0 Å². The molecule has 102 valence electrons. The zero-order valence-electron chi connectivity index (χ0n) is 10.6. The molecule has 1 saturated carbocycles. The Kier molecular flexibility index (Phi) is 3.78. The van der Waals surface area contributed by atoms with Gasteiger partial charge in [0.05, 0.1) is 5.41 Å². The van der Waals surface area contributed by atoms with Crippen LogP contribution in [0.3, 0.4) is 0 Å². The largest absolute Gasteiger partial charge is 0.481 e. The number of aliphatic carboxylic acids is 1. The highest BCUT2D eigenvalue weighted by Gasteiger charge is 2.48. The molecule has 1 amide bonds. The quantitative estimate of drug-likeness (QED) is 0.794. The second-order valence-electron chi connectivity index (χ2n) is 5.57. The topological polar surface area (TPSA) is 77.8 Å². The molecule has 0 bridgehead atoms. The van der Waals surface area contributed by atoms with Gasteiger partial charge in [-0.1, -0.05) is 19.3 Å². The Morgan fingerprint density at radius 2 is 1.56 bits per heavy atom. The van der Waals surface area contributed by atoms with E-state index in [-0.39, 0.29) is 5.92 Å². The van der Waals surface area contributed by atoms with Crippen molar-refractivity contribution in [1.82, 2.24) is 4.90 Å². The third-order valence-corrected chi connectivity index (χ3v) is 4.74. The summed E-state index contributed by atoms with van der Waals surface area (Å²) in [6.07, 6.45) is 5.41. The lowest BCUT2D eigenvalue weighted by Gasteiger charge is -2.44. The summed E-state index contributed by atoms with van der Waals surface area (Å²) in [5, 5.41) is 18.5.